The van der Waals surface area contributed by atoms with Gasteiger partial charge in [-0.25, -0.2) is 0 Å². The van der Waals surface area contributed by atoms with Crippen LogP contribution in [0.5, 0.6) is 0 Å². The number of benzene rings is 1. The van der Waals surface area contributed by atoms with Crippen LogP contribution in [0.4, 0.5) is 0 Å². The molecule has 3 rings (SSSR count). The molecule has 1 aliphatic rings. The third kappa shape index (κ3) is 3.45. The molecule has 0 unspecified atom stereocenters. The first kappa shape index (κ1) is 16.9. The summed E-state index contributed by atoms with van der Waals surface area (Å²) in [5, 5.41) is 4.08. The molecule has 2 aromatic rings. The standard InChI is InChI=1S/C18H20N4O3/c1-20(11-13-10-19-21(2)12-13)16(23)8-5-9-22-17(24)14-6-3-4-7-15(14)18(22)25/h3-4,6-7,10,12H,5,8-9,11H2,1-2H3. The highest BCUT2D eigenvalue weighted by Crippen LogP contribution is 2.22. The van der Waals surface area contributed by atoms with E-state index in [2.05, 4.69) is 5.10 Å². The predicted octanol–water partition coefficient (Wildman–Crippen LogP) is 1.45. The predicted molar refractivity (Wildman–Crippen MR) is 90.7 cm³/mol. The maximum absolute atomic E-state index is 12.3. The number of rotatable bonds is 6. The van der Waals surface area contributed by atoms with E-state index in [1.165, 1.54) is 4.90 Å². The minimum absolute atomic E-state index is 0.0273. The number of imide groups is 1. The molecular formula is C18H20N4O3. The van der Waals surface area contributed by atoms with Crippen molar-refractivity contribution in [3.05, 3.63) is 53.3 Å². The fourth-order valence-corrected chi connectivity index (χ4v) is 2.94. The number of aromatic nitrogens is 2. The van der Waals surface area contributed by atoms with E-state index in [1.54, 1.807) is 47.1 Å². The second-order valence-electron chi connectivity index (χ2n) is 6.18. The fraction of sp³-hybridized carbons (Fsp3) is 0.333. The molecular weight excluding hydrogens is 320 g/mol. The molecule has 0 atom stereocenters. The minimum Gasteiger partial charge on any atom is -0.341 e. The molecule has 2 heterocycles. The van der Waals surface area contributed by atoms with Crippen molar-refractivity contribution in [2.24, 2.45) is 7.05 Å². The molecule has 0 radical (unpaired) electrons. The van der Waals surface area contributed by atoms with Gasteiger partial charge in [-0.3, -0.25) is 24.0 Å². The van der Waals surface area contributed by atoms with Crippen LogP contribution in [0.1, 0.15) is 39.1 Å². The lowest BCUT2D eigenvalue weighted by atomic mass is 10.1. The monoisotopic (exact) mass is 340 g/mol. The number of hydrogen-bond acceptors (Lipinski definition) is 4. The van der Waals surface area contributed by atoms with Crippen molar-refractivity contribution in [1.29, 1.82) is 0 Å². The Bertz CT molecular complexity index is 792. The van der Waals surface area contributed by atoms with Gasteiger partial charge in [0.25, 0.3) is 11.8 Å². The van der Waals surface area contributed by atoms with Crippen LogP contribution in [0, 0.1) is 0 Å². The van der Waals surface area contributed by atoms with Crippen molar-refractivity contribution in [2.75, 3.05) is 13.6 Å². The molecule has 1 aliphatic heterocycles. The molecule has 0 spiro atoms. The molecule has 130 valence electrons. The summed E-state index contributed by atoms with van der Waals surface area (Å²) in [4.78, 5) is 39.6. The highest BCUT2D eigenvalue weighted by molar-refractivity contribution is 6.21. The van der Waals surface area contributed by atoms with Gasteiger partial charge in [-0.05, 0) is 18.6 Å². The van der Waals surface area contributed by atoms with Crippen molar-refractivity contribution in [2.45, 2.75) is 19.4 Å². The largest absolute Gasteiger partial charge is 0.341 e. The van der Waals surface area contributed by atoms with Crippen LogP contribution in [-0.4, -0.2) is 50.9 Å². The lowest BCUT2D eigenvalue weighted by molar-refractivity contribution is -0.130. The first-order valence-electron chi connectivity index (χ1n) is 8.14. The van der Waals surface area contributed by atoms with Gasteiger partial charge in [0.05, 0.1) is 17.3 Å². The zero-order chi connectivity index (χ0) is 18.0. The van der Waals surface area contributed by atoms with Crippen molar-refractivity contribution >= 4 is 17.7 Å². The number of amides is 3. The van der Waals surface area contributed by atoms with Gasteiger partial charge in [0.15, 0.2) is 0 Å². The summed E-state index contributed by atoms with van der Waals surface area (Å²) in [6.45, 7) is 0.735. The Kier molecular flexibility index (Phi) is 4.65. The zero-order valence-electron chi connectivity index (χ0n) is 14.3. The smallest absolute Gasteiger partial charge is 0.261 e. The topological polar surface area (TPSA) is 75.5 Å². The van der Waals surface area contributed by atoms with Gasteiger partial charge in [0, 0.05) is 45.4 Å². The quantitative estimate of drug-likeness (QED) is 0.746. The van der Waals surface area contributed by atoms with Crippen molar-refractivity contribution < 1.29 is 14.4 Å². The van der Waals surface area contributed by atoms with E-state index in [-0.39, 0.29) is 30.7 Å². The molecule has 7 nitrogen and oxygen atoms in total. The number of carbonyl (C=O) groups excluding carboxylic acids is 3. The van der Waals surface area contributed by atoms with E-state index in [1.807, 2.05) is 13.2 Å². The van der Waals surface area contributed by atoms with E-state index < -0.39 is 0 Å². The van der Waals surface area contributed by atoms with Gasteiger partial charge < -0.3 is 4.90 Å². The third-order valence-corrected chi connectivity index (χ3v) is 4.25. The summed E-state index contributed by atoms with van der Waals surface area (Å²) in [6.07, 6.45) is 4.32. The van der Waals surface area contributed by atoms with Gasteiger partial charge in [0.1, 0.15) is 0 Å². The van der Waals surface area contributed by atoms with E-state index in [0.717, 1.165) is 5.56 Å². The second kappa shape index (κ2) is 6.88. The van der Waals surface area contributed by atoms with Crippen LogP contribution in [-0.2, 0) is 18.4 Å². The zero-order valence-corrected chi connectivity index (χ0v) is 14.3. The molecule has 7 heteroatoms. The lowest BCUT2D eigenvalue weighted by Crippen LogP contribution is -2.32. The Labute approximate surface area is 145 Å². The first-order valence-corrected chi connectivity index (χ1v) is 8.14. The van der Waals surface area contributed by atoms with Crippen molar-refractivity contribution in [3.8, 4) is 0 Å². The SMILES string of the molecule is CN(Cc1cnn(C)c1)C(=O)CCCN1C(=O)c2ccccc2C1=O. The summed E-state index contributed by atoms with van der Waals surface area (Å²) in [7, 11) is 3.56. The molecule has 0 aliphatic carbocycles. The molecule has 0 saturated carbocycles. The summed E-state index contributed by atoms with van der Waals surface area (Å²) in [5.41, 5.74) is 1.83. The lowest BCUT2D eigenvalue weighted by Gasteiger charge is -2.18. The van der Waals surface area contributed by atoms with Crippen LogP contribution in [0.25, 0.3) is 0 Å². The Morgan fingerprint density at radius 3 is 2.36 bits per heavy atom. The average molecular weight is 340 g/mol. The van der Waals surface area contributed by atoms with E-state index in [0.29, 0.717) is 24.1 Å². The van der Waals surface area contributed by atoms with Crippen LogP contribution in [0.3, 0.4) is 0 Å². The first-order chi connectivity index (χ1) is 12.0. The molecule has 1 aromatic heterocycles. The van der Waals surface area contributed by atoms with Gasteiger partial charge in [-0.1, -0.05) is 12.1 Å². The Hall–Kier alpha value is -2.96. The summed E-state index contributed by atoms with van der Waals surface area (Å²) < 4.78 is 1.69. The van der Waals surface area contributed by atoms with Gasteiger partial charge in [0.2, 0.25) is 5.91 Å². The number of carbonyl (C=O) groups is 3. The number of aryl methyl sites for hydroxylation is 1. The maximum Gasteiger partial charge on any atom is 0.261 e. The number of hydrogen-bond donors (Lipinski definition) is 0. The maximum atomic E-state index is 12.3. The highest BCUT2D eigenvalue weighted by atomic mass is 16.2. The Morgan fingerprint density at radius 1 is 1.16 bits per heavy atom. The summed E-state index contributed by atoms with van der Waals surface area (Å²) in [6, 6.07) is 6.79. The average Bonchev–Trinajstić information content (AvgIpc) is 3.11. The Balaban J connectivity index is 1.50. The van der Waals surface area contributed by atoms with Crippen molar-refractivity contribution in [3.63, 3.8) is 0 Å². The Morgan fingerprint density at radius 2 is 1.80 bits per heavy atom. The molecule has 0 fully saturated rings. The number of fused-ring (bicyclic) bond motifs is 1. The molecule has 0 bridgehead atoms. The van der Waals surface area contributed by atoms with Crippen molar-refractivity contribution in [1.82, 2.24) is 19.6 Å². The molecule has 0 saturated heterocycles. The molecule has 25 heavy (non-hydrogen) atoms. The van der Waals surface area contributed by atoms with Gasteiger partial charge >= 0.3 is 0 Å². The van der Waals surface area contributed by atoms with E-state index in [9.17, 15) is 14.4 Å². The summed E-state index contributed by atoms with van der Waals surface area (Å²) >= 11 is 0. The molecule has 0 N–H and O–H groups in total. The highest BCUT2D eigenvalue weighted by Gasteiger charge is 2.34. The van der Waals surface area contributed by atoms with Gasteiger partial charge in [-0.15, -0.1) is 0 Å². The van der Waals surface area contributed by atoms with E-state index >= 15 is 0 Å². The van der Waals surface area contributed by atoms with Crippen LogP contribution in [0.15, 0.2) is 36.7 Å². The molecule has 1 aromatic carbocycles. The number of nitrogens with zero attached hydrogens (tertiary/aromatic N) is 4. The normalized spacial score (nSPS) is 13.3. The summed E-state index contributed by atoms with van der Waals surface area (Å²) in [5.74, 6) is -0.589. The third-order valence-electron chi connectivity index (χ3n) is 4.25. The molecule has 3 amide bonds. The van der Waals surface area contributed by atoms with Crippen LogP contribution >= 0.6 is 0 Å². The fourth-order valence-electron chi connectivity index (χ4n) is 2.94. The van der Waals surface area contributed by atoms with Gasteiger partial charge in [-0.2, -0.15) is 5.10 Å². The van der Waals surface area contributed by atoms with Crippen LogP contribution in [0.2, 0.25) is 0 Å². The van der Waals surface area contributed by atoms with E-state index in [4.69, 9.17) is 0 Å². The van der Waals surface area contributed by atoms with Crippen LogP contribution < -0.4 is 0 Å². The minimum atomic E-state index is -0.281. The second-order valence-corrected chi connectivity index (χ2v) is 6.18.